The molecule has 1 heterocycles. The van der Waals surface area contributed by atoms with Crippen molar-refractivity contribution in [1.82, 2.24) is 15.1 Å². The molecule has 1 saturated heterocycles. The molecule has 0 aromatic heterocycles. The zero-order valence-corrected chi connectivity index (χ0v) is 16.5. The van der Waals surface area contributed by atoms with Crippen LogP contribution >= 0.6 is 0 Å². The van der Waals surface area contributed by atoms with E-state index in [9.17, 15) is 9.59 Å². The number of likely N-dealkylation sites (tertiary alicyclic amines) is 1. The van der Waals surface area contributed by atoms with Gasteiger partial charge in [-0.15, -0.1) is 0 Å². The van der Waals surface area contributed by atoms with Crippen LogP contribution in [-0.2, 0) is 11.3 Å². The third-order valence-electron chi connectivity index (χ3n) is 6.04. The minimum atomic E-state index is -0.278. The first-order valence-corrected chi connectivity index (χ1v) is 9.99. The number of rotatable bonds is 6. The van der Waals surface area contributed by atoms with Crippen LogP contribution in [0.25, 0.3) is 0 Å². The van der Waals surface area contributed by atoms with E-state index in [1.807, 2.05) is 42.3 Å². The molecule has 27 heavy (non-hydrogen) atoms. The molecule has 3 N–H and O–H groups in total. The summed E-state index contributed by atoms with van der Waals surface area (Å²) in [6, 6.07) is 10.0. The molecule has 1 aromatic carbocycles. The molecule has 6 heteroatoms. The number of piperidine rings is 1. The molecule has 2 aliphatic rings. The Kier molecular flexibility index (Phi) is 6.05. The van der Waals surface area contributed by atoms with Crippen molar-refractivity contribution >= 4 is 11.9 Å². The van der Waals surface area contributed by atoms with E-state index in [-0.39, 0.29) is 23.4 Å². The zero-order valence-electron chi connectivity index (χ0n) is 16.5. The lowest BCUT2D eigenvalue weighted by Crippen LogP contribution is -2.56. The molecule has 1 aromatic rings. The summed E-state index contributed by atoms with van der Waals surface area (Å²) >= 11 is 0. The van der Waals surface area contributed by atoms with Gasteiger partial charge in [0.25, 0.3) is 0 Å². The molecule has 1 aliphatic heterocycles. The summed E-state index contributed by atoms with van der Waals surface area (Å²) in [5.74, 6) is 0.581. The van der Waals surface area contributed by atoms with E-state index in [4.69, 9.17) is 5.73 Å². The van der Waals surface area contributed by atoms with Crippen molar-refractivity contribution in [2.24, 2.45) is 17.6 Å². The summed E-state index contributed by atoms with van der Waals surface area (Å²) in [5, 5.41) is 3.20. The van der Waals surface area contributed by atoms with E-state index in [2.05, 4.69) is 12.2 Å². The molecule has 0 radical (unpaired) electrons. The number of carbonyl (C=O) groups excluding carboxylic acids is 2. The van der Waals surface area contributed by atoms with E-state index in [0.717, 1.165) is 18.4 Å². The van der Waals surface area contributed by atoms with Crippen molar-refractivity contribution in [3.8, 4) is 0 Å². The SMILES string of the molecule is CN(Cc1ccccc1)C(=O)N1CCC(C(=O)NC(C)(CN)C2CC2)CC1. The first-order valence-electron chi connectivity index (χ1n) is 9.99. The van der Waals surface area contributed by atoms with Gasteiger partial charge in [0.15, 0.2) is 0 Å². The molecule has 6 nitrogen and oxygen atoms in total. The van der Waals surface area contributed by atoms with Crippen LogP contribution in [0.15, 0.2) is 30.3 Å². The average molecular weight is 373 g/mol. The van der Waals surface area contributed by atoms with E-state index >= 15 is 0 Å². The lowest BCUT2D eigenvalue weighted by Gasteiger charge is -2.36. The van der Waals surface area contributed by atoms with Gasteiger partial charge in [-0.2, -0.15) is 0 Å². The van der Waals surface area contributed by atoms with Crippen molar-refractivity contribution in [2.75, 3.05) is 26.7 Å². The molecule has 2 fully saturated rings. The van der Waals surface area contributed by atoms with Crippen LogP contribution < -0.4 is 11.1 Å². The fraction of sp³-hybridized carbons (Fsp3) is 0.619. The topological polar surface area (TPSA) is 78.7 Å². The molecule has 3 rings (SSSR count). The number of nitrogens with zero attached hydrogens (tertiary/aromatic N) is 2. The van der Waals surface area contributed by atoms with Crippen molar-refractivity contribution in [3.63, 3.8) is 0 Å². The van der Waals surface area contributed by atoms with Gasteiger partial charge in [-0.1, -0.05) is 30.3 Å². The molecular formula is C21H32N4O2. The predicted octanol–water partition coefficient (Wildman–Crippen LogP) is 2.19. The van der Waals surface area contributed by atoms with Gasteiger partial charge < -0.3 is 20.9 Å². The lowest BCUT2D eigenvalue weighted by atomic mass is 9.91. The lowest BCUT2D eigenvalue weighted by molar-refractivity contribution is -0.128. The van der Waals surface area contributed by atoms with Gasteiger partial charge in [0.2, 0.25) is 5.91 Å². The Hall–Kier alpha value is -2.08. The fourth-order valence-corrected chi connectivity index (χ4v) is 3.92. The van der Waals surface area contributed by atoms with E-state index < -0.39 is 0 Å². The second-order valence-electron chi connectivity index (χ2n) is 8.27. The Morgan fingerprint density at radius 1 is 1.19 bits per heavy atom. The molecule has 0 spiro atoms. The van der Waals surface area contributed by atoms with Crippen molar-refractivity contribution in [2.45, 2.75) is 44.7 Å². The van der Waals surface area contributed by atoms with E-state index in [1.54, 1.807) is 4.90 Å². The van der Waals surface area contributed by atoms with Crippen LogP contribution in [-0.4, -0.2) is 54.0 Å². The van der Waals surface area contributed by atoms with Crippen LogP contribution in [0.5, 0.6) is 0 Å². The highest BCUT2D eigenvalue weighted by Crippen LogP contribution is 2.39. The number of benzene rings is 1. The fourth-order valence-electron chi connectivity index (χ4n) is 3.92. The van der Waals surface area contributed by atoms with Crippen molar-refractivity contribution in [1.29, 1.82) is 0 Å². The number of hydrogen-bond donors (Lipinski definition) is 2. The van der Waals surface area contributed by atoms with Gasteiger partial charge in [-0.3, -0.25) is 4.79 Å². The number of carbonyl (C=O) groups is 2. The molecular weight excluding hydrogens is 340 g/mol. The number of hydrogen-bond acceptors (Lipinski definition) is 3. The number of nitrogens with one attached hydrogen (secondary N) is 1. The van der Waals surface area contributed by atoms with Gasteiger partial charge in [-0.05, 0) is 44.1 Å². The molecule has 0 bridgehead atoms. The quantitative estimate of drug-likeness (QED) is 0.803. The van der Waals surface area contributed by atoms with Gasteiger partial charge in [0.1, 0.15) is 0 Å². The molecule has 1 unspecified atom stereocenters. The molecule has 3 amide bonds. The first-order chi connectivity index (χ1) is 12.9. The van der Waals surface area contributed by atoms with E-state index in [1.165, 1.54) is 0 Å². The van der Waals surface area contributed by atoms with E-state index in [0.29, 0.717) is 44.9 Å². The normalized spacial score (nSPS) is 20.0. The van der Waals surface area contributed by atoms with Crippen molar-refractivity contribution < 1.29 is 9.59 Å². The summed E-state index contributed by atoms with van der Waals surface area (Å²) in [4.78, 5) is 29.0. The van der Waals surface area contributed by atoms with Gasteiger partial charge in [-0.25, -0.2) is 4.79 Å². The second kappa shape index (κ2) is 8.30. The zero-order chi connectivity index (χ0) is 19.4. The summed E-state index contributed by atoms with van der Waals surface area (Å²) in [7, 11) is 1.83. The Bertz CT molecular complexity index is 653. The molecule has 1 aliphatic carbocycles. The summed E-state index contributed by atoms with van der Waals surface area (Å²) in [6.07, 6.45) is 3.72. The highest BCUT2D eigenvalue weighted by molar-refractivity contribution is 5.80. The van der Waals surface area contributed by atoms with Crippen LogP contribution in [0.1, 0.15) is 38.2 Å². The Balaban J connectivity index is 1.47. The maximum Gasteiger partial charge on any atom is 0.320 e. The van der Waals surface area contributed by atoms with Gasteiger partial charge in [0, 0.05) is 39.1 Å². The van der Waals surface area contributed by atoms with Crippen LogP contribution in [0.3, 0.4) is 0 Å². The van der Waals surface area contributed by atoms with Crippen LogP contribution in [0, 0.1) is 11.8 Å². The van der Waals surface area contributed by atoms with Crippen LogP contribution in [0.2, 0.25) is 0 Å². The first kappa shape index (κ1) is 19.7. The largest absolute Gasteiger partial charge is 0.349 e. The number of nitrogens with two attached hydrogens (primary N) is 1. The van der Waals surface area contributed by atoms with Gasteiger partial charge >= 0.3 is 6.03 Å². The third kappa shape index (κ3) is 4.80. The molecule has 1 atom stereocenters. The molecule has 148 valence electrons. The minimum Gasteiger partial charge on any atom is -0.349 e. The minimum absolute atomic E-state index is 0.0295. The Morgan fingerprint density at radius 3 is 2.37 bits per heavy atom. The van der Waals surface area contributed by atoms with Gasteiger partial charge in [0.05, 0.1) is 5.54 Å². The Labute approximate surface area is 162 Å². The standard InChI is InChI=1S/C21H32N4O2/c1-21(15-22,18-8-9-18)23-19(26)17-10-12-25(13-11-17)20(27)24(2)14-16-6-4-3-5-7-16/h3-7,17-18H,8-15,22H2,1-2H3,(H,23,26). The highest BCUT2D eigenvalue weighted by Gasteiger charge is 2.42. The third-order valence-corrected chi connectivity index (χ3v) is 6.04. The molecule has 1 saturated carbocycles. The summed E-state index contributed by atoms with van der Waals surface area (Å²) < 4.78 is 0. The Morgan fingerprint density at radius 2 is 1.81 bits per heavy atom. The average Bonchev–Trinajstić information content (AvgIpc) is 3.54. The second-order valence-corrected chi connectivity index (χ2v) is 8.27. The summed E-state index contributed by atoms with van der Waals surface area (Å²) in [5.41, 5.74) is 6.75. The van der Waals surface area contributed by atoms with Crippen molar-refractivity contribution in [3.05, 3.63) is 35.9 Å². The maximum atomic E-state index is 12.7. The summed E-state index contributed by atoms with van der Waals surface area (Å²) in [6.45, 7) is 4.37. The maximum absolute atomic E-state index is 12.7. The highest BCUT2D eigenvalue weighted by atomic mass is 16.2. The number of amides is 3. The predicted molar refractivity (Wildman–Crippen MR) is 106 cm³/mol. The monoisotopic (exact) mass is 372 g/mol. The van der Waals surface area contributed by atoms with Crippen LogP contribution in [0.4, 0.5) is 4.79 Å². The number of urea groups is 1. The smallest absolute Gasteiger partial charge is 0.320 e.